The highest BCUT2D eigenvalue weighted by molar-refractivity contribution is 5.68. The monoisotopic (exact) mass is 258 g/mol. The van der Waals surface area contributed by atoms with Crippen molar-refractivity contribution in [1.82, 2.24) is 9.80 Å². The lowest BCUT2D eigenvalue weighted by Gasteiger charge is -2.31. The van der Waals surface area contributed by atoms with Crippen LogP contribution in [0.25, 0.3) is 0 Å². The molecule has 1 atom stereocenters. The van der Waals surface area contributed by atoms with Crippen LogP contribution in [-0.4, -0.2) is 54.7 Å². The van der Waals surface area contributed by atoms with Crippen molar-refractivity contribution in [2.75, 3.05) is 27.2 Å². The zero-order valence-corrected chi connectivity index (χ0v) is 13.1. The molecule has 4 heteroatoms. The number of hydrogen-bond donors (Lipinski definition) is 0. The number of carbonyl (C=O) groups excluding carboxylic acids is 1. The molecule has 0 unspecified atom stereocenters. The van der Waals surface area contributed by atoms with Gasteiger partial charge in [0.1, 0.15) is 5.60 Å². The minimum atomic E-state index is -0.427. The number of rotatable bonds is 6. The highest BCUT2D eigenvalue weighted by atomic mass is 16.6. The van der Waals surface area contributed by atoms with E-state index in [-0.39, 0.29) is 12.1 Å². The van der Waals surface area contributed by atoms with E-state index in [0.29, 0.717) is 0 Å². The zero-order valence-electron chi connectivity index (χ0n) is 13.1. The van der Waals surface area contributed by atoms with Crippen molar-refractivity contribution in [2.45, 2.75) is 59.1 Å². The minimum absolute atomic E-state index is 0.228. The van der Waals surface area contributed by atoms with Gasteiger partial charge in [-0.25, -0.2) is 4.79 Å². The van der Waals surface area contributed by atoms with Gasteiger partial charge in [0.2, 0.25) is 0 Å². The zero-order chi connectivity index (χ0) is 14.3. The predicted molar refractivity (Wildman–Crippen MR) is 75.9 cm³/mol. The molecule has 0 fully saturated rings. The van der Waals surface area contributed by atoms with Crippen LogP contribution in [0, 0.1) is 0 Å². The fraction of sp³-hybridized carbons (Fsp3) is 0.929. The van der Waals surface area contributed by atoms with Gasteiger partial charge in [0, 0.05) is 13.1 Å². The Labute approximate surface area is 112 Å². The first-order valence-corrected chi connectivity index (χ1v) is 6.85. The van der Waals surface area contributed by atoms with Crippen molar-refractivity contribution in [3.63, 3.8) is 0 Å². The first-order chi connectivity index (χ1) is 8.21. The third-order valence-corrected chi connectivity index (χ3v) is 3.08. The van der Waals surface area contributed by atoms with Crippen LogP contribution in [0.4, 0.5) is 4.79 Å². The number of ether oxygens (including phenoxy) is 1. The van der Waals surface area contributed by atoms with E-state index in [0.717, 1.165) is 25.9 Å². The summed E-state index contributed by atoms with van der Waals surface area (Å²) in [6.07, 6.45) is 1.71. The van der Waals surface area contributed by atoms with Gasteiger partial charge in [0.15, 0.2) is 0 Å². The fourth-order valence-electron chi connectivity index (χ4n) is 1.68. The maximum Gasteiger partial charge on any atom is 0.410 e. The quantitative estimate of drug-likeness (QED) is 0.734. The van der Waals surface area contributed by atoms with E-state index in [1.807, 2.05) is 27.8 Å². The topological polar surface area (TPSA) is 32.8 Å². The molecule has 0 aliphatic carbocycles. The molecule has 18 heavy (non-hydrogen) atoms. The van der Waals surface area contributed by atoms with E-state index in [2.05, 4.69) is 25.8 Å². The molecule has 0 aromatic heterocycles. The van der Waals surface area contributed by atoms with Crippen LogP contribution in [0.5, 0.6) is 0 Å². The Morgan fingerprint density at radius 2 is 1.78 bits per heavy atom. The standard InChI is InChI=1S/C14H30N2O2/c1-8-12(10-11-15(6)9-2)16(7)13(17)18-14(3,4)5/h12H,8-11H2,1-7H3/t12-/m1/s1. The summed E-state index contributed by atoms with van der Waals surface area (Å²) in [4.78, 5) is 15.9. The van der Waals surface area contributed by atoms with E-state index in [1.165, 1.54) is 0 Å². The molecule has 0 saturated carbocycles. The lowest BCUT2D eigenvalue weighted by Crippen LogP contribution is -2.41. The second-order valence-corrected chi connectivity index (χ2v) is 5.84. The summed E-state index contributed by atoms with van der Waals surface area (Å²) in [6, 6.07) is 0.244. The summed E-state index contributed by atoms with van der Waals surface area (Å²) in [5.74, 6) is 0. The SMILES string of the molecule is CC[C@H](CCN(C)CC)N(C)C(=O)OC(C)(C)C. The smallest absolute Gasteiger partial charge is 0.410 e. The molecule has 0 aromatic carbocycles. The number of hydrogen-bond acceptors (Lipinski definition) is 3. The van der Waals surface area contributed by atoms with E-state index in [1.54, 1.807) is 4.90 Å². The third kappa shape index (κ3) is 6.84. The van der Waals surface area contributed by atoms with Gasteiger partial charge in [-0.2, -0.15) is 0 Å². The van der Waals surface area contributed by atoms with Crippen LogP contribution in [0.1, 0.15) is 47.5 Å². The molecule has 0 N–H and O–H groups in total. The molecule has 0 aliphatic heterocycles. The third-order valence-electron chi connectivity index (χ3n) is 3.08. The Hall–Kier alpha value is -0.770. The molecular weight excluding hydrogens is 228 g/mol. The second-order valence-electron chi connectivity index (χ2n) is 5.84. The predicted octanol–water partition coefficient (Wildman–Crippen LogP) is 2.97. The summed E-state index contributed by atoms with van der Waals surface area (Å²) in [7, 11) is 3.92. The first-order valence-electron chi connectivity index (χ1n) is 6.85. The molecule has 0 rings (SSSR count). The van der Waals surface area contributed by atoms with Gasteiger partial charge in [-0.3, -0.25) is 0 Å². The van der Waals surface area contributed by atoms with Crippen molar-refractivity contribution in [3.8, 4) is 0 Å². The molecule has 4 nitrogen and oxygen atoms in total. The van der Waals surface area contributed by atoms with E-state index >= 15 is 0 Å². The molecule has 0 saturated heterocycles. The molecule has 0 aliphatic rings. The molecule has 1 amide bonds. The van der Waals surface area contributed by atoms with Crippen LogP contribution in [0.15, 0.2) is 0 Å². The molecular formula is C14H30N2O2. The average Bonchev–Trinajstić information content (AvgIpc) is 2.26. The van der Waals surface area contributed by atoms with E-state index in [4.69, 9.17) is 4.74 Å². The fourth-order valence-corrected chi connectivity index (χ4v) is 1.68. The van der Waals surface area contributed by atoms with Gasteiger partial charge < -0.3 is 14.5 Å². The van der Waals surface area contributed by atoms with Crippen molar-refractivity contribution in [2.24, 2.45) is 0 Å². The van der Waals surface area contributed by atoms with Crippen LogP contribution in [0.3, 0.4) is 0 Å². The van der Waals surface area contributed by atoms with E-state index in [9.17, 15) is 4.79 Å². The Balaban J connectivity index is 4.33. The summed E-state index contributed by atoms with van der Waals surface area (Å²) in [6.45, 7) is 12.0. The molecule has 108 valence electrons. The van der Waals surface area contributed by atoms with Crippen LogP contribution < -0.4 is 0 Å². The average molecular weight is 258 g/mol. The largest absolute Gasteiger partial charge is 0.444 e. The summed E-state index contributed by atoms with van der Waals surface area (Å²) in [5, 5.41) is 0. The molecule has 0 heterocycles. The van der Waals surface area contributed by atoms with Crippen molar-refractivity contribution >= 4 is 6.09 Å². The molecule has 0 spiro atoms. The second kappa shape index (κ2) is 7.62. The highest BCUT2D eigenvalue weighted by Crippen LogP contribution is 2.14. The Morgan fingerprint density at radius 3 is 2.17 bits per heavy atom. The molecule has 0 radical (unpaired) electrons. The lowest BCUT2D eigenvalue weighted by molar-refractivity contribution is 0.0204. The highest BCUT2D eigenvalue weighted by Gasteiger charge is 2.24. The van der Waals surface area contributed by atoms with Crippen molar-refractivity contribution in [1.29, 1.82) is 0 Å². The minimum Gasteiger partial charge on any atom is -0.444 e. The van der Waals surface area contributed by atoms with Crippen LogP contribution >= 0.6 is 0 Å². The summed E-state index contributed by atoms with van der Waals surface area (Å²) < 4.78 is 5.39. The van der Waals surface area contributed by atoms with Gasteiger partial charge in [0.05, 0.1) is 0 Å². The van der Waals surface area contributed by atoms with Gasteiger partial charge >= 0.3 is 6.09 Å². The maximum absolute atomic E-state index is 12.0. The number of amides is 1. The van der Waals surface area contributed by atoms with Gasteiger partial charge in [-0.1, -0.05) is 13.8 Å². The maximum atomic E-state index is 12.0. The normalized spacial score (nSPS) is 13.6. The van der Waals surface area contributed by atoms with Crippen LogP contribution in [0.2, 0.25) is 0 Å². The lowest BCUT2D eigenvalue weighted by atomic mass is 10.1. The number of carbonyl (C=O) groups is 1. The molecule has 0 aromatic rings. The van der Waals surface area contributed by atoms with Gasteiger partial charge in [-0.15, -0.1) is 0 Å². The van der Waals surface area contributed by atoms with Crippen LogP contribution in [-0.2, 0) is 4.74 Å². The Bertz CT molecular complexity index is 249. The van der Waals surface area contributed by atoms with Gasteiger partial charge in [0.25, 0.3) is 0 Å². The van der Waals surface area contributed by atoms with Crippen molar-refractivity contribution in [3.05, 3.63) is 0 Å². The summed E-state index contributed by atoms with van der Waals surface area (Å²) in [5.41, 5.74) is -0.427. The Morgan fingerprint density at radius 1 is 1.22 bits per heavy atom. The van der Waals surface area contributed by atoms with E-state index < -0.39 is 5.60 Å². The van der Waals surface area contributed by atoms with Crippen molar-refractivity contribution < 1.29 is 9.53 Å². The van der Waals surface area contributed by atoms with Gasteiger partial charge in [-0.05, 0) is 53.8 Å². The first kappa shape index (κ1) is 17.2. The Kier molecular flexibility index (Phi) is 7.29. The number of nitrogens with zero attached hydrogens (tertiary/aromatic N) is 2. The molecule has 0 bridgehead atoms. The summed E-state index contributed by atoms with van der Waals surface area (Å²) >= 11 is 0.